The molecular weight excluding hydrogens is 231 g/mol. The number of hydrogen-bond acceptors (Lipinski definition) is 1. The number of carbonyl (C=O) groups excluding carboxylic acids is 1. The van der Waals surface area contributed by atoms with Crippen molar-refractivity contribution in [1.82, 2.24) is 0 Å². The lowest BCUT2D eigenvalue weighted by molar-refractivity contribution is -0.108. The Morgan fingerprint density at radius 1 is 1.00 bits per heavy atom. The minimum atomic E-state index is -1.16. The van der Waals surface area contributed by atoms with Gasteiger partial charge in [-0.2, -0.15) is 0 Å². The Bertz CT molecular complexity index is 178. The number of allylic oxidation sites excluding steroid dienone is 1. The van der Waals surface area contributed by atoms with Crippen molar-refractivity contribution in [3.05, 3.63) is 12.7 Å². The molecule has 88 valence electrons. The van der Waals surface area contributed by atoms with Gasteiger partial charge in [-0.15, -0.1) is 6.58 Å². The van der Waals surface area contributed by atoms with Crippen molar-refractivity contribution in [1.29, 1.82) is 0 Å². The minimum absolute atomic E-state index is 0.562. The second-order valence-corrected chi connectivity index (χ2v) is 5.37. The summed E-state index contributed by atoms with van der Waals surface area (Å²) >= 11 is 11.4. The van der Waals surface area contributed by atoms with Gasteiger partial charge in [-0.25, -0.2) is 0 Å². The summed E-state index contributed by atoms with van der Waals surface area (Å²) in [6.07, 6.45) is 11.2. The van der Waals surface area contributed by atoms with Crippen molar-refractivity contribution in [2.75, 3.05) is 0 Å². The number of alkyl halides is 2. The molecule has 0 saturated carbocycles. The van der Waals surface area contributed by atoms with E-state index in [-0.39, 0.29) is 0 Å². The van der Waals surface area contributed by atoms with Crippen molar-refractivity contribution in [3.8, 4) is 0 Å². The number of carbonyl (C=O) groups is 1. The molecule has 0 amide bonds. The second-order valence-electron chi connectivity index (χ2n) is 3.83. The largest absolute Gasteiger partial charge is 0.300 e. The van der Waals surface area contributed by atoms with Gasteiger partial charge in [-0.3, -0.25) is 0 Å². The van der Waals surface area contributed by atoms with Crippen LogP contribution in [0.3, 0.4) is 0 Å². The van der Waals surface area contributed by atoms with Gasteiger partial charge in [0.25, 0.3) is 0 Å². The molecule has 0 aromatic rings. The maximum atomic E-state index is 10.4. The van der Waals surface area contributed by atoms with Crippen LogP contribution in [0.2, 0.25) is 0 Å². The Morgan fingerprint density at radius 3 is 2.07 bits per heavy atom. The van der Waals surface area contributed by atoms with Crippen LogP contribution in [0, 0.1) is 0 Å². The van der Waals surface area contributed by atoms with Crippen molar-refractivity contribution in [3.63, 3.8) is 0 Å². The molecular formula is C12H20Cl2O. The first-order chi connectivity index (χ1) is 7.12. The summed E-state index contributed by atoms with van der Waals surface area (Å²) in [7, 11) is 0. The first-order valence-corrected chi connectivity index (χ1v) is 6.33. The van der Waals surface area contributed by atoms with Crippen LogP contribution in [-0.2, 0) is 4.79 Å². The summed E-state index contributed by atoms with van der Waals surface area (Å²) in [6.45, 7) is 3.68. The molecule has 3 heteroatoms. The van der Waals surface area contributed by atoms with Gasteiger partial charge in [0.05, 0.1) is 0 Å². The first kappa shape index (κ1) is 15.0. The molecule has 0 rings (SSSR count). The molecule has 0 fully saturated rings. The van der Waals surface area contributed by atoms with E-state index < -0.39 is 4.33 Å². The number of rotatable bonds is 10. The third-order valence-corrected chi connectivity index (χ3v) is 2.90. The predicted octanol–water partition coefficient (Wildman–Crippen LogP) is 4.67. The maximum absolute atomic E-state index is 10.4. The quantitative estimate of drug-likeness (QED) is 0.239. The third-order valence-electron chi connectivity index (χ3n) is 2.34. The second kappa shape index (κ2) is 9.23. The Balaban J connectivity index is 3.18. The molecule has 0 unspecified atom stereocenters. The van der Waals surface area contributed by atoms with Gasteiger partial charge in [0.15, 0.2) is 10.6 Å². The Morgan fingerprint density at radius 2 is 1.53 bits per heavy atom. The van der Waals surface area contributed by atoms with E-state index in [1.165, 1.54) is 25.7 Å². The number of hydrogen-bond donors (Lipinski definition) is 0. The van der Waals surface area contributed by atoms with E-state index in [1.54, 1.807) is 0 Å². The summed E-state index contributed by atoms with van der Waals surface area (Å²) in [5, 5.41) is 0. The molecule has 0 heterocycles. The van der Waals surface area contributed by atoms with E-state index in [2.05, 4.69) is 6.58 Å². The minimum Gasteiger partial charge on any atom is -0.300 e. The summed E-state index contributed by atoms with van der Waals surface area (Å²) in [6, 6.07) is 0. The monoisotopic (exact) mass is 250 g/mol. The summed E-state index contributed by atoms with van der Waals surface area (Å²) in [5.74, 6) is 0. The van der Waals surface area contributed by atoms with E-state index in [0.29, 0.717) is 12.7 Å². The fourth-order valence-electron chi connectivity index (χ4n) is 1.42. The van der Waals surface area contributed by atoms with Gasteiger partial charge in [-0.1, -0.05) is 61.4 Å². The molecule has 0 aliphatic carbocycles. The molecule has 0 bridgehead atoms. The van der Waals surface area contributed by atoms with Crippen LogP contribution < -0.4 is 0 Å². The number of aldehydes is 1. The van der Waals surface area contributed by atoms with E-state index >= 15 is 0 Å². The first-order valence-electron chi connectivity index (χ1n) is 5.57. The van der Waals surface area contributed by atoms with Crippen molar-refractivity contribution in [2.45, 2.75) is 55.7 Å². The van der Waals surface area contributed by atoms with Crippen LogP contribution in [0.1, 0.15) is 51.4 Å². The topological polar surface area (TPSA) is 17.1 Å². The zero-order chi connectivity index (χ0) is 11.6. The van der Waals surface area contributed by atoms with E-state index in [4.69, 9.17) is 23.2 Å². The fraction of sp³-hybridized carbons (Fsp3) is 0.750. The summed E-state index contributed by atoms with van der Waals surface area (Å²) in [4.78, 5) is 10.4. The highest BCUT2D eigenvalue weighted by atomic mass is 35.5. The van der Waals surface area contributed by atoms with Crippen molar-refractivity contribution >= 4 is 29.5 Å². The fourth-order valence-corrected chi connectivity index (χ4v) is 1.68. The van der Waals surface area contributed by atoms with Crippen molar-refractivity contribution in [2.24, 2.45) is 0 Å². The smallest absolute Gasteiger partial charge is 0.172 e. The van der Waals surface area contributed by atoms with Crippen LogP contribution >= 0.6 is 23.2 Å². The molecule has 0 N–H and O–H groups in total. The lowest BCUT2D eigenvalue weighted by Gasteiger charge is -2.10. The van der Waals surface area contributed by atoms with Gasteiger partial charge in [0.2, 0.25) is 0 Å². The Kier molecular flexibility index (Phi) is 9.23. The van der Waals surface area contributed by atoms with Crippen LogP contribution in [-0.4, -0.2) is 10.6 Å². The average Bonchev–Trinajstić information content (AvgIpc) is 2.22. The third kappa shape index (κ3) is 10.3. The highest BCUT2D eigenvalue weighted by molar-refractivity contribution is 6.55. The normalized spacial score (nSPS) is 11.3. The lowest BCUT2D eigenvalue weighted by atomic mass is 10.1. The molecule has 0 atom stereocenters. The van der Waals surface area contributed by atoms with Gasteiger partial charge >= 0.3 is 0 Å². The van der Waals surface area contributed by atoms with Crippen LogP contribution in [0.5, 0.6) is 0 Å². The van der Waals surface area contributed by atoms with E-state index in [1.807, 2.05) is 6.08 Å². The molecule has 0 aromatic carbocycles. The Labute approximate surface area is 103 Å². The maximum Gasteiger partial charge on any atom is 0.172 e. The molecule has 0 aliphatic heterocycles. The van der Waals surface area contributed by atoms with E-state index in [9.17, 15) is 4.79 Å². The zero-order valence-corrected chi connectivity index (χ0v) is 10.7. The standard InChI is InChI=1S/C12H20Cl2O/c1-2-3-4-5-6-7-8-9-10-12(13,14)11-15/h2,11H,1,3-10H2. The highest BCUT2D eigenvalue weighted by Gasteiger charge is 2.21. The molecule has 0 radical (unpaired) electrons. The molecule has 0 saturated heterocycles. The molecule has 0 spiro atoms. The number of unbranched alkanes of at least 4 members (excludes halogenated alkanes) is 6. The number of halogens is 2. The Hall–Kier alpha value is -0.0100. The average molecular weight is 251 g/mol. The SMILES string of the molecule is C=CCCCCCCCCC(Cl)(Cl)C=O. The van der Waals surface area contributed by atoms with Crippen LogP contribution in [0.25, 0.3) is 0 Å². The summed E-state index contributed by atoms with van der Waals surface area (Å²) in [5.41, 5.74) is 0. The summed E-state index contributed by atoms with van der Waals surface area (Å²) < 4.78 is -1.16. The van der Waals surface area contributed by atoms with Crippen molar-refractivity contribution < 1.29 is 4.79 Å². The van der Waals surface area contributed by atoms with Crippen LogP contribution in [0.15, 0.2) is 12.7 Å². The van der Waals surface area contributed by atoms with Gasteiger partial charge in [-0.05, 0) is 19.3 Å². The van der Waals surface area contributed by atoms with Gasteiger partial charge in [0.1, 0.15) is 0 Å². The molecule has 0 aliphatic rings. The van der Waals surface area contributed by atoms with Gasteiger partial charge < -0.3 is 4.79 Å². The van der Waals surface area contributed by atoms with Crippen LogP contribution in [0.4, 0.5) is 0 Å². The zero-order valence-electron chi connectivity index (χ0n) is 9.18. The highest BCUT2D eigenvalue weighted by Crippen LogP contribution is 2.25. The van der Waals surface area contributed by atoms with E-state index in [0.717, 1.165) is 19.3 Å². The molecule has 15 heavy (non-hydrogen) atoms. The van der Waals surface area contributed by atoms with Gasteiger partial charge in [0, 0.05) is 0 Å². The lowest BCUT2D eigenvalue weighted by Crippen LogP contribution is -2.13. The molecule has 0 aromatic heterocycles. The predicted molar refractivity (Wildman–Crippen MR) is 67.6 cm³/mol. The molecule has 1 nitrogen and oxygen atoms in total.